The zero-order chi connectivity index (χ0) is 22.1. The molecular formula is C21H27N3O5S. The van der Waals surface area contributed by atoms with Crippen molar-refractivity contribution in [2.24, 2.45) is 11.7 Å². The van der Waals surface area contributed by atoms with Gasteiger partial charge in [0.1, 0.15) is 0 Å². The van der Waals surface area contributed by atoms with Gasteiger partial charge in [-0.05, 0) is 55.0 Å². The average molecular weight is 434 g/mol. The van der Waals surface area contributed by atoms with E-state index in [1.807, 2.05) is 6.07 Å². The summed E-state index contributed by atoms with van der Waals surface area (Å²) in [5, 5.41) is 8.84. The van der Waals surface area contributed by atoms with E-state index < -0.39 is 22.0 Å². The molecule has 8 nitrogen and oxygen atoms in total. The number of sulfonamides is 1. The van der Waals surface area contributed by atoms with Crippen molar-refractivity contribution in [2.75, 3.05) is 24.1 Å². The maximum absolute atomic E-state index is 10.8. The number of nitrogens with two attached hydrogens (primary N) is 1. The van der Waals surface area contributed by atoms with E-state index in [-0.39, 0.29) is 0 Å². The Morgan fingerprint density at radius 2 is 1.63 bits per heavy atom. The van der Waals surface area contributed by atoms with E-state index in [0.717, 1.165) is 25.5 Å². The van der Waals surface area contributed by atoms with Gasteiger partial charge in [0.05, 0.1) is 6.26 Å². The molecule has 2 aromatic rings. The summed E-state index contributed by atoms with van der Waals surface area (Å²) in [7, 11) is -3.28. The van der Waals surface area contributed by atoms with Gasteiger partial charge in [-0.15, -0.1) is 0 Å². The van der Waals surface area contributed by atoms with E-state index in [2.05, 4.69) is 29.0 Å². The molecule has 162 valence electrons. The first-order valence-electron chi connectivity index (χ1n) is 9.53. The Morgan fingerprint density at radius 3 is 2.10 bits per heavy atom. The molecule has 1 heterocycles. The van der Waals surface area contributed by atoms with Crippen LogP contribution in [0.2, 0.25) is 0 Å². The van der Waals surface area contributed by atoms with Gasteiger partial charge in [0.25, 0.3) is 0 Å². The van der Waals surface area contributed by atoms with Gasteiger partial charge < -0.3 is 15.7 Å². The van der Waals surface area contributed by atoms with Crippen molar-refractivity contribution in [2.45, 2.75) is 19.3 Å². The SMILES string of the molecule is CS(=O)(=O)Nc1ccc(C(N)=O)cc1.O=C(O)N1CCC(Cc2ccccc2)CC1. The Morgan fingerprint density at radius 1 is 1.07 bits per heavy atom. The van der Waals surface area contributed by atoms with E-state index in [4.69, 9.17) is 10.8 Å². The molecule has 1 fully saturated rings. The van der Waals surface area contributed by atoms with Gasteiger partial charge in [-0.25, -0.2) is 13.2 Å². The Kier molecular flexibility index (Phi) is 8.23. The average Bonchev–Trinajstić information content (AvgIpc) is 2.69. The summed E-state index contributed by atoms with van der Waals surface area (Å²) < 4.78 is 23.9. The molecule has 0 radical (unpaired) electrons. The van der Waals surface area contributed by atoms with Crippen LogP contribution in [0.3, 0.4) is 0 Å². The van der Waals surface area contributed by atoms with Crippen LogP contribution in [0.25, 0.3) is 0 Å². The van der Waals surface area contributed by atoms with Gasteiger partial charge in [0.15, 0.2) is 0 Å². The van der Waals surface area contributed by atoms with Crippen molar-refractivity contribution in [3.05, 3.63) is 65.7 Å². The molecule has 30 heavy (non-hydrogen) atoms. The lowest BCUT2D eigenvalue weighted by molar-refractivity contribution is 0.1000. The number of likely N-dealkylation sites (tertiary alicyclic amines) is 1. The predicted molar refractivity (Wildman–Crippen MR) is 116 cm³/mol. The second kappa shape index (κ2) is 10.6. The number of benzene rings is 2. The summed E-state index contributed by atoms with van der Waals surface area (Å²) in [6.07, 6.45) is 3.32. The van der Waals surface area contributed by atoms with E-state index >= 15 is 0 Å². The van der Waals surface area contributed by atoms with Crippen LogP contribution in [-0.2, 0) is 16.4 Å². The van der Waals surface area contributed by atoms with Crippen LogP contribution in [0.5, 0.6) is 0 Å². The molecule has 0 aromatic heterocycles. The number of amides is 2. The second-order valence-electron chi connectivity index (χ2n) is 7.22. The molecule has 2 aromatic carbocycles. The summed E-state index contributed by atoms with van der Waals surface area (Å²) in [6, 6.07) is 16.3. The minimum absolute atomic E-state index is 0.337. The van der Waals surface area contributed by atoms with Crippen molar-refractivity contribution in [1.82, 2.24) is 4.90 Å². The zero-order valence-corrected chi connectivity index (χ0v) is 17.6. The molecule has 2 amide bonds. The molecule has 0 saturated carbocycles. The first kappa shape index (κ1) is 23.2. The maximum Gasteiger partial charge on any atom is 0.407 e. The van der Waals surface area contributed by atoms with Crippen LogP contribution >= 0.6 is 0 Å². The number of carbonyl (C=O) groups excluding carboxylic acids is 1. The minimum Gasteiger partial charge on any atom is -0.465 e. The molecule has 0 unspecified atom stereocenters. The third-order valence-corrected chi connectivity index (χ3v) is 5.33. The Bertz CT molecular complexity index is 938. The third-order valence-electron chi connectivity index (χ3n) is 4.72. The molecule has 4 N–H and O–H groups in total. The topological polar surface area (TPSA) is 130 Å². The summed E-state index contributed by atoms with van der Waals surface area (Å²) >= 11 is 0. The molecule has 0 aliphatic carbocycles. The molecule has 0 spiro atoms. The van der Waals surface area contributed by atoms with Crippen molar-refractivity contribution >= 4 is 27.7 Å². The number of carbonyl (C=O) groups is 2. The van der Waals surface area contributed by atoms with Crippen LogP contribution < -0.4 is 10.5 Å². The van der Waals surface area contributed by atoms with Gasteiger partial charge in [-0.2, -0.15) is 0 Å². The highest BCUT2D eigenvalue weighted by Crippen LogP contribution is 2.21. The summed E-state index contributed by atoms with van der Waals surface area (Å²) in [5.74, 6) is 0.0916. The smallest absolute Gasteiger partial charge is 0.407 e. The van der Waals surface area contributed by atoms with Gasteiger partial charge in [-0.1, -0.05) is 30.3 Å². The van der Waals surface area contributed by atoms with Crippen LogP contribution in [0.4, 0.5) is 10.5 Å². The van der Waals surface area contributed by atoms with Gasteiger partial charge >= 0.3 is 6.09 Å². The maximum atomic E-state index is 10.8. The summed E-state index contributed by atoms with van der Waals surface area (Å²) in [5.41, 5.74) is 7.11. The van der Waals surface area contributed by atoms with Crippen molar-refractivity contribution in [1.29, 1.82) is 0 Å². The van der Waals surface area contributed by atoms with Crippen LogP contribution in [-0.4, -0.2) is 49.8 Å². The monoisotopic (exact) mass is 433 g/mol. The lowest BCUT2D eigenvalue weighted by Gasteiger charge is -2.29. The quantitative estimate of drug-likeness (QED) is 0.667. The highest BCUT2D eigenvalue weighted by molar-refractivity contribution is 7.92. The van der Waals surface area contributed by atoms with Crippen LogP contribution in [0.15, 0.2) is 54.6 Å². The normalized spacial score (nSPS) is 14.4. The van der Waals surface area contributed by atoms with Crippen LogP contribution in [0.1, 0.15) is 28.8 Å². The fraction of sp³-hybridized carbons (Fsp3) is 0.333. The molecule has 1 saturated heterocycles. The predicted octanol–water partition coefficient (Wildman–Crippen LogP) is 2.78. The van der Waals surface area contributed by atoms with Crippen molar-refractivity contribution in [3.8, 4) is 0 Å². The fourth-order valence-electron chi connectivity index (χ4n) is 3.19. The van der Waals surface area contributed by atoms with E-state index in [9.17, 15) is 18.0 Å². The Labute approximate surface area is 176 Å². The van der Waals surface area contributed by atoms with Gasteiger partial charge in [-0.3, -0.25) is 9.52 Å². The van der Waals surface area contributed by atoms with E-state index in [1.165, 1.54) is 34.7 Å². The number of rotatable bonds is 5. The molecule has 3 rings (SSSR count). The third kappa shape index (κ3) is 8.12. The summed E-state index contributed by atoms with van der Waals surface area (Å²) in [6.45, 7) is 1.37. The molecule has 0 bridgehead atoms. The lowest BCUT2D eigenvalue weighted by atomic mass is 9.90. The van der Waals surface area contributed by atoms with E-state index in [1.54, 1.807) is 0 Å². The Hall–Kier alpha value is -3.07. The number of hydrogen-bond acceptors (Lipinski definition) is 4. The Balaban J connectivity index is 0.000000216. The second-order valence-corrected chi connectivity index (χ2v) is 8.97. The first-order valence-corrected chi connectivity index (χ1v) is 11.4. The number of primary amides is 1. The van der Waals surface area contributed by atoms with Crippen LogP contribution in [0, 0.1) is 5.92 Å². The fourth-order valence-corrected chi connectivity index (χ4v) is 3.76. The number of nitrogens with zero attached hydrogens (tertiary/aromatic N) is 1. The highest BCUT2D eigenvalue weighted by atomic mass is 32.2. The molecule has 1 aliphatic rings. The largest absolute Gasteiger partial charge is 0.465 e. The first-order chi connectivity index (χ1) is 14.1. The highest BCUT2D eigenvalue weighted by Gasteiger charge is 2.22. The molecule has 9 heteroatoms. The summed E-state index contributed by atoms with van der Waals surface area (Å²) in [4.78, 5) is 22.9. The number of carboxylic acid groups (broad SMARTS) is 1. The molecule has 1 aliphatic heterocycles. The zero-order valence-electron chi connectivity index (χ0n) is 16.8. The lowest BCUT2D eigenvalue weighted by Crippen LogP contribution is -2.37. The minimum atomic E-state index is -3.28. The molecule has 0 atom stereocenters. The standard InChI is InChI=1S/C13H17NO2.C8H10N2O3S/c15-13(16)14-8-6-12(7-9-14)10-11-4-2-1-3-5-11;1-14(12,13)10-7-4-2-6(3-5-7)8(9)11/h1-5,12H,6-10H2,(H,15,16);2-5,10H,1H3,(H2,9,11). The molecular weight excluding hydrogens is 406 g/mol. The van der Waals surface area contributed by atoms with Crippen molar-refractivity contribution < 1.29 is 23.1 Å². The van der Waals surface area contributed by atoms with E-state index in [0.29, 0.717) is 30.3 Å². The van der Waals surface area contributed by atoms with Crippen molar-refractivity contribution in [3.63, 3.8) is 0 Å². The van der Waals surface area contributed by atoms with Gasteiger partial charge in [0, 0.05) is 24.3 Å². The van der Waals surface area contributed by atoms with Gasteiger partial charge in [0.2, 0.25) is 15.9 Å². The number of hydrogen-bond donors (Lipinski definition) is 3. The number of anilines is 1. The number of piperidine rings is 1. The number of nitrogens with one attached hydrogen (secondary N) is 1.